The van der Waals surface area contributed by atoms with Crippen molar-refractivity contribution < 1.29 is 10.8 Å². The Labute approximate surface area is 98.5 Å². The topological polar surface area (TPSA) is 46.6 Å². The van der Waals surface area contributed by atoms with Crippen LogP contribution in [0.25, 0.3) is 5.57 Å². The van der Waals surface area contributed by atoms with Gasteiger partial charge < -0.3 is 10.8 Å². The Morgan fingerprint density at radius 3 is 2.60 bits per heavy atom. The summed E-state index contributed by atoms with van der Waals surface area (Å²) >= 11 is 11.9. The van der Waals surface area contributed by atoms with Crippen molar-refractivity contribution in [1.29, 1.82) is 0 Å². The van der Waals surface area contributed by atoms with Crippen molar-refractivity contribution in [3.63, 3.8) is 0 Å². The number of allylic oxidation sites excluding steroid dienone is 2. The Morgan fingerprint density at radius 1 is 1.20 bits per heavy atom. The largest absolute Gasteiger partial charge is 0.870 e. The Bertz CT molecular complexity index is 413. The van der Waals surface area contributed by atoms with Gasteiger partial charge in [0.2, 0.25) is 0 Å². The molecule has 80 valence electrons. The molecular formula is C11H11Cl2NO. The molecule has 0 saturated carbocycles. The smallest absolute Gasteiger partial charge is 0.0993 e. The molecule has 0 bridgehead atoms. The van der Waals surface area contributed by atoms with Crippen molar-refractivity contribution in [2.45, 2.75) is 0 Å². The molecule has 0 aliphatic carbocycles. The van der Waals surface area contributed by atoms with E-state index in [1.165, 1.54) is 0 Å². The molecule has 1 heterocycles. The first kappa shape index (κ1) is 12.3. The second kappa shape index (κ2) is 5.33. The van der Waals surface area contributed by atoms with Gasteiger partial charge in [-0.05, 0) is 29.9 Å². The number of benzene rings is 1. The second-order valence-electron chi connectivity index (χ2n) is 3.11. The van der Waals surface area contributed by atoms with Crippen LogP contribution in [-0.2, 0) is 0 Å². The second-order valence-corrected chi connectivity index (χ2v) is 3.96. The minimum atomic E-state index is 0. The van der Waals surface area contributed by atoms with Gasteiger partial charge in [0.1, 0.15) is 0 Å². The first-order valence-electron chi connectivity index (χ1n) is 4.43. The minimum Gasteiger partial charge on any atom is -0.870 e. The van der Waals surface area contributed by atoms with Crippen LogP contribution in [0.5, 0.6) is 0 Å². The fraction of sp³-hybridized carbons (Fsp3) is 0.0909. The predicted molar refractivity (Wildman–Crippen MR) is 62.3 cm³/mol. The Kier molecular flexibility index (Phi) is 4.36. The van der Waals surface area contributed by atoms with Gasteiger partial charge in [-0.2, -0.15) is 0 Å². The third kappa shape index (κ3) is 2.83. The number of hydrogen-bond donors (Lipinski definition) is 1. The zero-order valence-corrected chi connectivity index (χ0v) is 9.46. The van der Waals surface area contributed by atoms with Gasteiger partial charge >= 0.3 is 0 Å². The van der Waals surface area contributed by atoms with Crippen LogP contribution in [0.3, 0.4) is 0 Å². The van der Waals surface area contributed by atoms with E-state index in [2.05, 4.69) is 17.5 Å². The lowest BCUT2D eigenvalue weighted by molar-refractivity contribution is -0.578. The summed E-state index contributed by atoms with van der Waals surface area (Å²) in [7, 11) is 0. The zero-order valence-electron chi connectivity index (χ0n) is 7.95. The lowest BCUT2D eigenvalue weighted by atomic mass is 10.0. The normalized spacial score (nSPS) is 14.4. The van der Waals surface area contributed by atoms with E-state index < -0.39 is 0 Å². The van der Waals surface area contributed by atoms with Gasteiger partial charge in [0.25, 0.3) is 0 Å². The molecule has 0 unspecified atom stereocenters. The van der Waals surface area contributed by atoms with E-state index in [1.54, 1.807) is 6.07 Å². The summed E-state index contributed by atoms with van der Waals surface area (Å²) in [5, 5.41) is 3.48. The molecule has 1 aromatic rings. The molecule has 2 nitrogen and oxygen atoms in total. The first-order valence-corrected chi connectivity index (χ1v) is 5.18. The van der Waals surface area contributed by atoms with Crippen LogP contribution >= 0.6 is 23.2 Å². The summed E-state index contributed by atoms with van der Waals surface area (Å²) in [5.74, 6) is 0. The van der Waals surface area contributed by atoms with Crippen molar-refractivity contribution in [3.8, 4) is 0 Å². The van der Waals surface area contributed by atoms with E-state index in [0.717, 1.165) is 17.7 Å². The fourth-order valence-corrected chi connectivity index (χ4v) is 1.95. The molecule has 0 saturated heterocycles. The van der Waals surface area contributed by atoms with E-state index in [9.17, 15) is 0 Å². The highest BCUT2D eigenvalue weighted by molar-refractivity contribution is 6.35. The van der Waals surface area contributed by atoms with Gasteiger partial charge in [-0.1, -0.05) is 29.3 Å². The number of quaternary nitrogens is 1. The Balaban J connectivity index is 0.00000112. The Morgan fingerprint density at radius 2 is 2.00 bits per heavy atom. The highest BCUT2D eigenvalue weighted by Crippen LogP contribution is 2.27. The monoisotopic (exact) mass is 243 g/mol. The SMILES string of the molecule is Clc1ccc(C2=CC[NH2+]C=C2)c(Cl)c1.[OH-]. The molecule has 0 fully saturated rings. The molecule has 0 atom stereocenters. The molecule has 0 amide bonds. The van der Waals surface area contributed by atoms with Crippen LogP contribution in [0.4, 0.5) is 0 Å². The molecule has 1 aliphatic rings. The standard InChI is InChI=1S/C11H9Cl2N.H2O/c12-9-1-2-10(11(13)7-9)8-3-5-14-6-4-8;/h1-5,7,14H,6H2;1H2. The molecule has 2 rings (SSSR count). The quantitative estimate of drug-likeness (QED) is 0.809. The van der Waals surface area contributed by atoms with E-state index in [1.807, 2.05) is 18.3 Å². The molecular weight excluding hydrogens is 233 g/mol. The molecule has 3 N–H and O–H groups in total. The van der Waals surface area contributed by atoms with E-state index in [4.69, 9.17) is 23.2 Å². The molecule has 1 aromatic carbocycles. The Hall–Kier alpha value is -0.800. The van der Waals surface area contributed by atoms with Crippen molar-refractivity contribution in [2.24, 2.45) is 0 Å². The maximum absolute atomic E-state index is 6.09. The molecule has 0 aromatic heterocycles. The zero-order chi connectivity index (χ0) is 9.97. The lowest BCUT2D eigenvalue weighted by Crippen LogP contribution is -2.78. The van der Waals surface area contributed by atoms with Gasteiger partial charge in [0.05, 0.1) is 12.7 Å². The molecule has 0 radical (unpaired) electrons. The van der Waals surface area contributed by atoms with Crippen molar-refractivity contribution in [1.82, 2.24) is 0 Å². The van der Waals surface area contributed by atoms with E-state index >= 15 is 0 Å². The molecule has 4 heteroatoms. The minimum absolute atomic E-state index is 0. The summed E-state index contributed by atoms with van der Waals surface area (Å²) in [4.78, 5) is 0. The van der Waals surface area contributed by atoms with Crippen molar-refractivity contribution >= 4 is 28.8 Å². The maximum Gasteiger partial charge on any atom is 0.0993 e. The van der Waals surface area contributed by atoms with Gasteiger partial charge in [-0.3, -0.25) is 0 Å². The highest BCUT2D eigenvalue weighted by atomic mass is 35.5. The van der Waals surface area contributed by atoms with Crippen LogP contribution in [0.1, 0.15) is 5.56 Å². The number of nitrogens with two attached hydrogens (primary N) is 1. The van der Waals surface area contributed by atoms with Crippen LogP contribution < -0.4 is 5.32 Å². The van der Waals surface area contributed by atoms with E-state index in [-0.39, 0.29) is 5.48 Å². The summed E-state index contributed by atoms with van der Waals surface area (Å²) < 4.78 is 0. The fourth-order valence-electron chi connectivity index (χ4n) is 1.44. The average Bonchev–Trinajstić information content (AvgIpc) is 2.19. The van der Waals surface area contributed by atoms with Gasteiger partial charge in [0, 0.05) is 15.6 Å². The predicted octanol–water partition coefficient (Wildman–Crippen LogP) is 2.29. The summed E-state index contributed by atoms with van der Waals surface area (Å²) in [5.41, 5.74) is 2.20. The summed E-state index contributed by atoms with van der Waals surface area (Å²) in [6.07, 6.45) is 6.24. The number of hydrogen-bond acceptors (Lipinski definition) is 1. The van der Waals surface area contributed by atoms with Gasteiger partial charge in [-0.25, -0.2) is 0 Å². The highest BCUT2D eigenvalue weighted by Gasteiger charge is 2.07. The van der Waals surface area contributed by atoms with Crippen molar-refractivity contribution in [2.75, 3.05) is 6.54 Å². The van der Waals surface area contributed by atoms with Gasteiger partial charge in [-0.15, -0.1) is 0 Å². The lowest BCUT2D eigenvalue weighted by Gasteiger charge is -2.08. The summed E-state index contributed by atoms with van der Waals surface area (Å²) in [6.45, 7) is 0.963. The number of halogens is 2. The van der Waals surface area contributed by atoms with Crippen LogP contribution in [0.2, 0.25) is 10.0 Å². The molecule has 1 aliphatic heterocycles. The first-order chi connectivity index (χ1) is 6.77. The average molecular weight is 244 g/mol. The van der Waals surface area contributed by atoms with Crippen LogP contribution in [-0.4, -0.2) is 12.0 Å². The molecule has 0 spiro atoms. The third-order valence-electron chi connectivity index (χ3n) is 2.13. The van der Waals surface area contributed by atoms with Crippen LogP contribution in [0.15, 0.2) is 36.6 Å². The van der Waals surface area contributed by atoms with Crippen molar-refractivity contribution in [3.05, 3.63) is 52.2 Å². The van der Waals surface area contributed by atoms with Crippen LogP contribution in [0, 0.1) is 0 Å². The van der Waals surface area contributed by atoms with E-state index in [0.29, 0.717) is 10.0 Å². The van der Waals surface area contributed by atoms with Gasteiger partial charge in [0.15, 0.2) is 0 Å². The molecule has 15 heavy (non-hydrogen) atoms. The summed E-state index contributed by atoms with van der Waals surface area (Å²) in [6, 6.07) is 5.58. The third-order valence-corrected chi connectivity index (χ3v) is 2.68. The maximum atomic E-state index is 6.09. The number of rotatable bonds is 1.